The van der Waals surface area contributed by atoms with Gasteiger partial charge in [-0.3, -0.25) is 9.78 Å². The highest BCUT2D eigenvalue weighted by molar-refractivity contribution is 7.10. The molecule has 5 nitrogen and oxygen atoms in total. The molecule has 0 spiro atoms. The molecule has 0 saturated carbocycles. The van der Waals surface area contributed by atoms with Gasteiger partial charge in [0.05, 0.1) is 23.6 Å². The molecule has 3 aromatic rings. The monoisotopic (exact) mass is 409 g/mol. The number of hydrogen-bond donors (Lipinski definition) is 1. The zero-order valence-electron chi connectivity index (χ0n) is 16.1. The SMILES string of the molecule is Cc1cnc(C)c(-c2ccc(F)c3c2O[C@@H](CNC(=O)/C=C/c2cccs2)C3)n1. The van der Waals surface area contributed by atoms with Crippen molar-refractivity contribution >= 4 is 23.3 Å². The molecule has 0 bridgehead atoms. The molecule has 2 aromatic heterocycles. The summed E-state index contributed by atoms with van der Waals surface area (Å²) in [5.41, 5.74) is 3.46. The summed E-state index contributed by atoms with van der Waals surface area (Å²) in [6.45, 7) is 4.02. The molecule has 0 aliphatic carbocycles. The number of halogens is 1. The largest absolute Gasteiger partial charge is 0.487 e. The number of nitrogens with one attached hydrogen (secondary N) is 1. The van der Waals surface area contributed by atoms with Crippen LogP contribution in [0.4, 0.5) is 4.39 Å². The minimum Gasteiger partial charge on any atom is -0.487 e. The van der Waals surface area contributed by atoms with Crippen molar-refractivity contribution in [2.45, 2.75) is 26.4 Å². The van der Waals surface area contributed by atoms with E-state index in [0.717, 1.165) is 21.8 Å². The topological polar surface area (TPSA) is 64.1 Å². The van der Waals surface area contributed by atoms with Crippen LogP contribution < -0.4 is 10.1 Å². The van der Waals surface area contributed by atoms with Crippen LogP contribution in [0.1, 0.15) is 21.8 Å². The van der Waals surface area contributed by atoms with Crippen LogP contribution in [0, 0.1) is 19.7 Å². The van der Waals surface area contributed by atoms with Crippen LogP contribution in [0.5, 0.6) is 5.75 Å². The molecule has 0 radical (unpaired) electrons. The maximum absolute atomic E-state index is 14.4. The number of carbonyl (C=O) groups is 1. The van der Waals surface area contributed by atoms with Gasteiger partial charge in [-0.15, -0.1) is 11.3 Å². The summed E-state index contributed by atoms with van der Waals surface area (Å²) in [7, 11) is 0. The number of aryl methyl sites for hydroxylation is 2. The van der Waals surface area contributed by atoms with Gasteiger partial charge in [0.15, 0.2) is 0 Å². The van der Waals surface area contributed by atoms with Crippen LogP contribution in [0.3, 0.4) is 0 Å². The van der Waals surface area contributed by atoms with Gasteiger partial charge in [0.1, 0.15) is 17.7 Å². The maximum atomic E-state index is 14.4. The smallest absolute Gasteiger partial charge is 0.244 e. The number of nitrogens with zero attached hydrogens (tertiary/aromatic N) is 2. The minimum atomic E-state index is -0.335. The van der Waals surface area contributed by atoms with Crippen LogP contribution in [0.2, 0.25) is 0 Å². The third-order valence-electron chi connectivity index (χ3n) is 4.70. The molecule has 3 heterocycles. The van der Waals surface area contributed by atoms with Gasteiger partial charge in [0.2, 0.25) is 5.91 Å². The first-order valence-electron chi connectivity index (χ1n) is 9.29. The molecule has 7 heteroatoms. The van der Waals surface area contributed by atoms with E-state index in [2.05, 4.69) is 15.3 Å². The third-order valence-corrected chi connectivity index (χ3v) is 5.53. The van der Waals surface area contributed by atoms with E-state index in [0.29, 0.717) is 30.0 Å². The van der Waals surface area contributed by atoms with Crippen molar-refractivity contribution in [2.75, 3.05) is 6.54 Å². The first-order chi connectivity index (χ1) is 14.0. The fourth-order valence-corrected chi connectivity index (χ4v) is 3.89. The Labute approximate surface area is 172 Å². The van der Waals surface area contributed by atoms with E-state index in [1.54, 1.807) is 29.7 Å². The van der Waals surface area contributed by atoms with Crippen LogP contribution in [-0.2, 0) is 11.2 Å². The maximum Gasteiger partial charge on any atom is 0.244 e. The second-order valence-electron chi connectivity index (χ2n) is 6.89. The Morgan fingerprint density at radius 2 is 2.24 bits per heavy atom. The summed E-state index contributed by atoms with van der Waals surface area (Å²) >= 11 is 1.56. The summed E-state index contributed by atoms with van der Waals surface area (Å²) in [6, 6.07) is 6.98. The molecule has 0 unspecified atom stereocenters. The van der Waals surface area contributed by atoms with Gasteiger partial charge in [0, 0.05) is 34.7 Å². The van der Waals surface area contributed by atoms with Gasteiger partial charge in [-0.1, -0.05) is 6.07 Å². The van der Waals surface area contributed by atoms with E-state index in [4.69, 9.17) is 4.74 Å². The average Bonchev–Trinajstić information content (AvgIpc) is 3.37. The average molecular weight is 409 g/mol. The van der Waals surface area contributed by atoms with E-state index in [1.807, 2.05) is 31.4 Å². The first-order valence-corrected chi connectivity index (χ1v) is 10.2. The Morgan fingerprint density at radius 1 is 1.38 bits per heavy atom. The Hall–Kier alpha value is -3.06. The van der Waals surface area contributed by atoms with Gasteiger partial charge in [-0.05, 0) is 43.5 Å². The van der Waals surface area contributed by atoms with Gasteiger partial charge < -0.3 is 10.1 Å². The van der Waals surface area contributed by atoms with Crippen LogP contribution in [0.15, 0.2) is 41.9 Å². The first kappa shape index (κ1) is 19.3. The molecule has 1 aliphatic heterocycles. The predicted octanol–water partition coefficient (Wildman–Crippen LogP) is 4.09. The highest BCUT2D eigenvalue weighted by Gasteiger charge is 2.30. The van der Waals surface area contributed by atoms with Gasteiger partial charge in [-0.2, -0.15) is 0 Å². The lowest BCUT2D eigenvalue weighted by Gasteiger charge is -2.13. The number of amides is 1. The highest BCUT2D eigenvalue weighted by atomic mass is 32.1. The van der Waals surface area contributed by atoms with Crippen LogP contribution in [0.25, 0.3) is 17.3 Å². The van der Waals surface area contributed by atoms with Crippen LogP contribution >= 0.6 is 11.3 Å². The Balaban J connectivity index is 1.48. The number of thiophene rings is 1. The molecular weight excluding hydrogens is 389 g/mol. The summed E-state index contributed by atoms with van der Waals surface area (Å²) in [5.74, 6) is -0.0335. The molecule has 1 amide bonds. The Bertz CT molecular complexity index is 1080. The molecule has 1 aromatic carbocycles. The number of hydrogen-bond acceptors (Lipinski definition) is 5. The molecule has 0 saturated heterocycles. The normalized spacial score (nSPS) is 15.3. The number of carbonyl (C=O) groups excluding carboxylic acids is 1. The molecule has 29 heavy (non-hydrogen) atoms. The predicted molar refractivity (Wildman–Crippen MR) is 111 cm³/mol. The van der Waals surface area contributed by atoms with Crippen molar-refractivity contribution in [3.05, 3.63) is 69.6 Å². The second-order valence-corrected chi connectivity index (χ2v) is 7.87. The van der Waals surface area contributed by atoms with Crippen molar-refractivity contribution in [2.24, 2.45) is 0 Å². The standard InChI is InChI=1S/C22H20FN3O2S/c1-13-11-24-14(2)21(26-13)17-6-7-19(23)18-10-15(28-22(17)18)12-25-20(27)8-5-16-4-3-9-29-16/h3-9,11,15H,10,12H2,1-2H3,(H,25,27)/b8-5+/t15-/m1/s1. The van der Waals surface area contributed by atoms with Crippen LogP contribution in [-0.4, -0.2) is 28.5 Å². The van der Waals surface area contributed by atoms with Crippen molar-refractivity contribution in [3.63, 3.8) is 0 Å². The number of fused-ring (bicyclic) bond motifs is 1. The van der Waals surface area contributed by atoms with E-state index in [-0.39, 0.29) is 17.8 Å². The number of rotatable bonds is 5. The summed E-state index contributed by atoms with van der Waals surface area (Å²) in [4.78, 5) is 22.0. The number of benzene rings is 1. The number of ether oxygens (including phenoxy) is 1. The van der Waals surface area contributed by atoms with Crippen molar-refractivity contribution in [3.8, 4) is 17.0 Å². The van der Waals surface area contributed by atoms with E-state index >= 15 is 0 Å². The van der Waals surface area contributed by atoms with Crippen molar-refractivity contribution < 1.29 is 13.9 Å². The molecular formula is C22H20FN3O2S. The van der Waals surface area contributed by atoms with E-state index < -0.39 is 0 Å². The summed E-state index contributed by atoms with van der Waals surface area (Å²) in [5, 5.41) is 4.78. The fourth-order valence-electron chi connectivity index (χ4n) is 3.27. The summed E-state index contributed by atoms with van der Waals surface area (Å²) in [6.07, 6.45) is 5.01. The Kier molecular flexibility index (Phi) is 5.40. The molecule has 1 N–H and O–H groups in total. The lowest BCUT2D eigenvalue weighted by atomic mass is 10.0. The minimum absolute atomic E-state index is 0.209. The molecule has 4 rings (SSSR count). The van der Waals surface area contributed by atoms with Crippen molar-refractivity contribution in [1.82, 2.24) is 15.3 Å². The van der Waals surface area contributed by atoms with Gasteiger partial charge in [-0.25, -0.2) is 9.37 Å². The lowest BCUT2D eigenvalue weighted by molar-refractivity contribution is -0.116. The lowest BCUT2D eigenvalue weighted by Crippen LogP contribution is -2.33. The molecule has 1 aliphatic rings. The molecule has 0 fully saturated rings. The zero-order valence-corrected chi connectivity index (χ0v) is 16.9. The summed E-state index contributed by atoms with van der Waals surface area (Å²) < 4.78 is 20.4. The quantitative estimate of drug-likeness (QED) is 0.645. The molecule has 1 atom stereocenters. The highest BCUT2D eigenvalue weighted by Crippen LogP contribution is 2.40. The zero-order chi connectivity index (χ0) is 20.4. The van der Waals surface area contributed by atoms with E-state index in [9.17, 15) is 9.18 Å². The second kappa shape index (κ2) is 8.13. The van der Waals surface area contributed by atoms with Gasteiger partial charge in [0.25, 0.3) is 0 Å². The number of aromatic nitrogens is 2. The van der Waals surface area contributed by atoms with Crippen molar-refractivity contribution in [1.29, 1.82) is 0 Å². The van der Waals surface area contributed by atoms with E-state index in [1.165, 1.54) is 12.1 Å². The molecule has 148 valence electrons. The Morgan fingerprint density at radius 3 is 3.03 bits per heavy atom. The fraction of sp³-hybridized carbons (Fsp3) is 0.227. The van der Waals surface area contributed by atoms with Gasteiger partial charge >= 0.3 is 0 Å². The third kappa shape index (κ3) is 4.19.